The molecule has 0 aromatic heterocycles. The lowest BCUT2D eigenvalue weighted by molar-refractivity contribution is -0.128. The smallest absolute Gasteiger partial charge is 0.407 e. The van der Waals surface area contributed by atoms with Crippen LogP contribution in [-0.2, 0) is 9.47 Å². The summed E-state index contributed by atoms with van der Waals surface area (Å²) in [5.74, 6) is 0. The van der Waals surface area contributed by atoms with E-state index in [0.29, 0.717) is 13.2 Å². The molecule has 5 heteroatoms. The summed E-state index contributed by atoms with van der Waals surface area (Å²) in [4.78, 5) is 11.7. The fraction of sp³-hybridized carbons (Fsp3) is 0.929. The van der Waals surface area contributed by atoms with Crippen molar-refractivity contribution in [3.8, 4) is 0 Å². The van der Waals surface area contributed by atoms with Gasteiger partial charge in [0.2, 0.25) is 0 Å². The largest absolute Gasteiger partial charge is 0.444 e. The first-order valence-corrected chi connectivity index (χ1v) is 7.03. The van der Waals surface area contributed by atoms with Crippen LogP contribution in [-0.4, -0.2) is 42.2 Å². The predicted molar refractivity (Wildman–Crippen MR) is 70.9 cm³/mol. The Labute approximate surface area is 114 Å². The second-order valence-corrected chi connectivity index (χ2v) is 6.82. The summed E-state index contributed by atoms with van der Waals surface area (Å²) in [6.07, 6.45) is 3.08. The molecular formula is C14H25NO4. The van der Waals surface area contributed by atoms with Crippen LogP contribution in [0.15, 0.2) is 0 Å². The van der Waals surface area contributed by atoms with Crippen molar-refractivity contribution in [2.45, 2.75) is 57.7 Å². The minimum Gasteiger partial charge on any atom is -0.444 e. The lowest BCUT2D eigenvalue weighted by Gasteiger charge is -2.39. The first-order chi connectivity index (χ1) is 8.77. The summed E-state index contributed by atoms with van der Waals surface area (Å²) in [6, 6.07) is 0. The predicted octanol–water partition coefficient (Wildman–Crippen LogP) is 1.83. The lowest BCUT2D eigenvalue weighted by atomic mass is 9.80. The van der Waals surface area contributed by atoms with Crippen LogP contribution in [0.5, 0.6) is 0 Å². The van der Waals surface area contributed by atoms with E-state index in [0.717, 1.165) is 32.3 Å². The summed E-state index contributed by atoms with van der Waals surface area (Å²) < 4.78 is 10.6. The van der Waals surface area contributed by atoms with E-state index in [1.165, 1.54) is 0 Å². The molecule has 110 valence electrons. The third kappa shape index (κ3) is 3.39. The molecule has 5 nitrogen and oxygen atoms in total. The van der Waals surface area contributed by atoms with Gasteiger partial charge in [0.05, 0.1) is 12.2 Å². The van der Waals surface area contributed by atoms with Crippen LogP contribution >= 0.6 is 0 Å². The zero-order valence-electron chi connectivity index (χ0n) is 12.1. The summed E-state index contributed by atoms with van der Waals surface area (Å²) in [5, 5.41) is 13.5. The molecule has 2 N–H and O–H groups in total. The first-order valence-electron chi connectivity index (χ1n) is 7.03. The van der Waals surface area contributed by atoms with Gasteiger partial charge in [-0.3, -0.25) is 0 Å². The molecule has 2 fully saturated rings. The number of hydrogen-bond acceptors (Lipinski definition) is 4. The van der Waals surface area contributed by atoms with Crippen molar-refractivity contribution in [2.75, 3.05) is 19.8 Å². The van der Waals surface area contributed by atoms with E-state index < -0.39 is 17.3 Å². The van der Waals surface area contributed by atoms with Gasteiger partial charge in [-0.15, -0.1) is 0 Å². The number of alkyl carbamates (subject to hydrolysis) is 1. The standard InChI is InChI=1S/C14H25NO4/c1-12(2,3)19-11(16)15-9-13(6-7-13)14(17)5-4-8-18-10-14/h17H,4-10H2,1-3H3,(H,15,16). The molecule has 1 amide bonds. The average molecular weight is 271 g/mol. The topological polar surface area (TPSA) is 67.8 Å². The summed E-state index contributed by atoms with van der Waals surface area (Å²) in [5.41, 5.74) is -1.50. The van der Waals surface area contributed by atoms with Crippen molar-refractivity contribution < 1.29 is 19.4 Å². The maximum Gasteiger partial charge on any atom is 0.407 e. The van der Waals surface area contributed by atoms with Gasteiger partial charge in [0, 0.05) is 18.6 Å². The minimum absolute atomic E-state index is 0.218. The Bertz CT molecular complexity index is 338. The zero-order valence-corrected chi connectivity index (χ0v) is 12.1. The average Bonchev–Trinajstić information content (AvgIpc) is 3.06. The summed E-state index contributed by atoms with van der Waals surface area (Å²) >= 11 is 0. The van der Waals surface area contributed by atoms with E-state index >= 15 is 0 Å². The van der Waals surface area contributed by atoms with Crippen LogP contribution < -0.4 is 5.32 Å². The van der Waals surface area contributed by atoms with Gasteiger partial charge in [0.1, 0.15) is 5.60 Å². The molecule has 2 rings (SSSR count). The maximum absolute atomic E-state index is 11.7. The molecule has 1 saturated carbocycles. The molecule has 1 heterocycles. The second-order valence-electron chi connectivity index (χ2n) is 6.82. The van der Waals surface area contributed by atoms with E-state index in [-0.39, 0.29) is 5.41 Å². The second kappa shape index (κ2) is 4.94. The number of carbonyl (C=O) groups is 1. The van der Waals surface area contributed by atoms with Gasteiger partial charge < -0.3 is 19.9 Å². The Balaban J connectivity index is 1.86. The van der Waals surface area contributed by atoms with Crippen LogP contribution in [0.1, 0.15) is 46.5 Å². The molecule has 0 aromatic rings. The molecule has 2 aliphatic rings. The highest BCUT2D eigenvalue weighted by Gasteiger charge is 2.59. The Hall–Kier alpha value is -0.810. The number of hydrogen-bond donors (Lipinski definition) is 2. The Kier molecular flexibility index (Phi) is 3.80. The normalized spacial score (nSPS) is 29.7. The van der Waals surface area contributed by atoms with Crippen molar-refractivity contribution in [3.05, 3.63) is 0 Å². The number of aliphatic hydroxyl groups is 1. The van der Waals surface area contributed by atoms with Crippen molar-refractivity contribution in [2.24, 2.45) is 5.41 Å². The third-order valence-electron chi connectivity index (χ3n) is 4.03. The van der Waals surface area contributed by atoms with Crippen LogP contribution in [0.2, 0.25) is 0 Å². The van der Waals surface area contributed by atoms with Gasteiger partial charge in [-0.2, -0.15) is 0 Å². The lowest BCUT2D eigenvalue weighted by Crippen LogP contribution is -2.51. The van der Waals surface area contributed by atoms with Crippen LogP contribution in [0, 0.1) is 5.41 Å². The van der Waals surface area contributed by atoms with Crippen molar-refractivity contribution in [1.29, 1.82) is 0 Å². The van der Waals surface area contributed by atoms with Gasteiger partial charge in [-0.05, 0) is 46.5 Å². The number of carbonyl (C=O) groups excluding carboxylic acids is 1. The number of ether oxygens (including phenoxy) is 2. The highest BCUT2D eigenvalue weighted by atomic mass is 16.6. The Morgan fingerprint density at radius 1 is 1.37 bits per heavy atom. The Morgan fingerprint density at radius 2 is 2.05 bits per heavy atom. The third-order valence-corrected chi connectivity index (χ3v) is 4.03. The van der Waals surface area contributed by atoms with E-state index in [9.17, 15) is 9.90 Å². The van der Waals surface area contributed by atoms with Gasteiger partial charge in [-0.1, -0.05) is 0 Å². The maximum atomic E-state index is 11.7. The van der Waals surface area contributed by atoms with Crippen LogP contribution in [0.3, 0.4) is 0 Å². The molecule has 0 aromatic carbocycles. The highest BCUT2D eigenvalue weighted by Crippen LogP contribution is 2.56. The first kappa shape index (κ1) is 14.6. The fourth-order valence-electron chi connectivity index (χ4n) is 2.71. The molecule has 0 bridgehead atoms. The molecule has 1 aliphatic carbocycles. The van der Waals surface area contributed by atoms with Crippen LogP contribution in [0.25, 0.3) is 0 Å². The molecule has 1 atom stereocenters. The molecule has 1 saturated heterocycles. The minimum atomic E-state index is -0.791. The van der Waals surface area contributed by atoms with Crippen LogP contribution in [0.4, 0.5) is 4.79 Å². The van der Waals surface area contributed by atoms with Gasteiger partial charge in [0.25, 0.3) is 0 Å². The van der Waals surface area contributed by atoms with Crippen molar-refractivity contribution >= 4 is 6.09 Å². The van der Waals surface area contributed by atoms with Gasteiger partial charge in [0.15, 0.2) is 0 Å². The van der Waals surface area contributed by atoms with Crippen molar-refractivity contribution in [3.63, 3.8) is 0 Å². The molecule has 1 aliphatic heterocycles. The quantitative estimate of drug-likeness (QED) is 0.822. The number of amides is 1. The van der Waals surface area contributed by atoms with E-state index in [1.807, 2.05) is 20.8 Å². The fourth-order valence-corrected chi connectivity index (χ4v) is 2.71. The molecular weight excluding hydrogens is 246 g/mol. The van der Waals surface area contributed by atoms with Crippen molar-refractivity contribution in [1.82, 2.24) is 5.32 Å². The van der Waals surface area contributed by atoms with E-state index in [1.54, 1.807) is 0 Å². The van der Waals surface area contributed by atoms with E-state index in [4.69, 9.17) is 9.47 Å². The van der Waals surface area contributed by atoms with E-state index in [2.05, 4.69) is 5.32 Å². The zero-order chi connectivity index (χ0) is 14.1. The Morgan fingerprint density at radius 3 is 2.53 bits per heavy atom. The van der Waals surface area contributed by atoms with Gasteiger partial charge >= 0.3 is 6.09 Å². The molecule has 0 spiro atoms. The summed E-state index contributed by atoms with van der Waals surface area (Å²) in [7, 11) is 0. The SMILES string of the molecule is CC(C)(C)OC(=O)NCC1(C2(O)CCCOC2)CC1. The summed E-state index contributed by atoms with van der Waals surface area (Å²) in [6.45, 7) is 7.06. The molecule has 0 radical (unpaired) electrons. The molecule has 1 unspecified atom stereocenters. The molecule has 19 heavy (non-hydrogen) atoms. The van der Waals surface area contributed by atoms with Gasteiger partial charge in [-0.25, -0.2) is 4.79 Å². The number of nitrogens with one attached hydrogen (secondary N) is 1. The monoisotopic (exact) mass is 271 g/mol. The highest BCUT2D eigenvalue weighted by molar-refractivity contribution is 5.67. The number of rotatable bonds is 3.